The molecule has 4 rings (SSSR count). The minimum absolute atomic E-state index is 0.0527. The van der Waals surface area contributed by atoms with E-state index in [0.29, 0.717) is 17.3 Å². The molecule has 8 nitrogen and oxygen atoms in total. The Bertz CT molecular complexity index is 1210. The monoisotopic (exact) mass is 489 g/mol. The van der Waals surface area contributed by atoms with Gasteiger partial charge in [0.25, 0.3) is 0 Å². The lowest BCUT2D eigenvalue weighted by Gasteiger charge is -2.26. The van der Waals surface area contributed by atoms with Crippen LogP contribution in [0.3, 0.4) is 0 Å². The zero-order valence-corrected chi connectivity index (χ0v) is 20.9. The van der Waals surface area contributed by atoms with E-state index in [1.54, 1.807) is 39.8 Å². The van der Waals surface area contributed by atoms with Crippen molar-refractivity contribution in [2.45, 2.75) is 58.3 Å². The fourth-order valence-corrected chi connectivity index (χ4v) is 3.77. The number of hydrogen-bond acceptors (Lipinski definition) is 6. The highest BCUT2D eigenvalue weighted by molar-refractivity contribution is 5.96. The number of pyridine rings is 1. The second-order valence-electron chi connectivity index (χ2n) is 9.67. The smallest absolute Gasteiger partial charge is 0.408 e. The van der Waals surface area contributed by atoms with Crippen molar-refractivity contribution in [1.29, 1.82) is 0 Å². The van der Waals surface area contributed by atoms with Crippen LogP contribution in [0.15, 0.2) is 66.9 Å². The number of carbonyl (C=O) groups excluding carboxylic acids is 2. The highest BCUT2D eigenvalue weighted by atomic mass is 16.6. The molecule has 0 fully saturated rings. The van der Waals surface area contributed by atoms with Crippen LogP contribution in [0.2, 0.25) is 0 Å². The van der Waals surface area contributed by atoms with Gasteiger partial charge >= 0.3 is 6.09 Å². The Morgan fingerprint density at radius 3 is 2.56 bits per heavy atom. The number of carbonyl (C=O) groups is 2. The molecule has 1 aliphatic rings. The summed E-state index contributed by atoms with van der Waals surface area (Å²) in [5.74, 6) is 1.53. The largest absolute Gasteiger partial charge is 0.485 e. The maximum Gasteiger partial charge on any atom is 0.408 e. The molecule has 0 aliphatic carbocycles. The molecule has 1 aliphatic heterocycles. The second kappa shape index (κ2) is 10.7. The number of nitrogens with one attached hydrogen (secondary N) is 2. The van der Waals surface area contributed by atoms with Crippen LogP contribution in [-0.2, 0) is 16.0 Å². The number of aromatic nitrogens is 1. The van der Waals surface area contributed by atoms with Crippen molar-refractivity contribution in [3.05, 3.63) is 78.0 Å². The van der Waals surface area contributed by atoms with Crippen LogP contribution in [0.1, 0.15) is 51.3 Å². The molecule has 1 aromatic heterocycles. The molecule has 0 saturated carbocycles. The zero-order valence-electron chi connectivity index (χ0n) is 20.9. The minimum atomic E-state index is -0.782. The summed E-state index contributed by atoms with van der Waals surface area (Å²) >= 11 is 0. The topological polar surface area (TPSA) is 98.8 Å². The number of rotatable bonds is 6. The van der Waals surface area contributed by atoms with Crippen LogP contribution in [0.5, 0.6) is 17.4 Å². The Balaban J connectivity index is 1.31. The van der Waals surface area contributed by atoms with Crippen molar-refractivity contribution in [1.82, 2.24) is 10.3 Å². The van der Waals surface area contributed by atoms with Crippen molar-refractivity contribution in [3.8, 4) is 17.4 Å². The van der Waals surface area contributed by atoms with Crippen LogP contribution in [0.4, 0.5) is 10.5 Å². The van der Waals surface area contributed by atoms with E-state index < -0.39 is 17.7 Å². The lowest BCUT2D eigenvalue weighted by molar-refractivity contribution is -0.117. The van der Waals surface area contributed by atoms with Crippen molar-refractivity contribution in [2.75, 3.05) is 5.32 Å². The third-order valence-electron chi connectivity index (χ3n) is 5.50. The fourth-order valence-electron chi connectivity index (χ4n) is 3.77. The molecule has 2 aromatic carbocycles. The molecule has 2 atom stereocenters. The minimum Gasteiger partial charge on any atom is -0.485 e. The normalized spacial score (nSPS) is 15.6. The summed E-state index contributed by atoms with van der Waals surface area (Å²) in [4.78, 5) is 28.5. The van der Waals surface area contributed by atoms with E-state index in [4.69, 9.17) is 14.2 Å². The summed E-state index contributed by atoms with van der Waals surface area (Å²) in [7, 11) is 0. The van der Waals surface area contributed by atoms with E-state index in [2.05, 4.69) is 27.8 Å². The molecule has 8 heteroatoms. The van der Waals surface area contributed by atoms with Gasteiger partial charge in [0.15, 0.2) is 0 Å². The molecular formula is C28H31N3O5. The Labute approximate surface area is 211 Å². The molecule has 0 radical (unpaired) electrons. The molecule has 2 amide bonds. The van der Waals surface area contributed by atoms with Gasteiger partial charge in [-0.05, 0) is 75.9 Å². The average Bonchev–Trinajstić information content (AvgIpc) is 2.84. The number of fused-ring (bicyclic) bond motifs is 1. The van der Waals surface area contributed by atoms with E-state index in [-0.39, 0.29) is 12.0 Å². The molecule has 0 saturated heterocycles. The Morgan fingerprint density at radius 1 is 1.08 bits per heavy atom. The van der Waals surface area contributed by atoms with E-state index in [1.807, 2.05) is 36.4 Å². The predicted molar refractivity (Wildman–Crippen MR) is 136 cm³/mol. The van der Waals surface area contributed by atoms with Gasteiger partial charge in [-0.3, -0.25) is 4.79 Å². The van der Waals surface area contributed by atoms with Crippen LogP contribution < -0.4 is 20.1 Å². The first-order chi connectivity index (χ1) is 17.2. The third kappa shape index (κ3) is 6.75. The number of anilines is 1. The Morgan fingerprint density at radius 2 is 1.86 bits per heavy atom. The number of ether oxygens (including phenoxy) is 3. The first-order valence-corrected chi connectivity index (χ1v) is 11.9. The number of alkyl carbamates (subject to hydrolysis) is 1. The molecule has 188 valence electrons. The van der Waals surface area contributed by atoms with Crippen LogP contribution in [-0.4, -0.2) is 28.6 Å². The van der Waals surface area contributed by atoms with E-state index in [9.17, 15) is 9.59 Å². The standard InChI is InChI=1S/C28H31N3O5/c1-18(30-27(33)36-28(2,3)4)26(32)31-21-11-15-25(29-17-21)34-22-12-14-24-20(16-22)10-13-23(35-24)19-8-6-5-7-9-19/h5-9,11-12,14-18,23H,10,13H2,1-4H3,(H,30,33)(H,31,32)/t18-,23?/m0/s1. The van der Waals surface area contributed by atoms with Gasteiger partial charge in [-0.1, -0.05) is 30.3 Å². The maximum atomic E-state index is 12.4. The quantitative estimate of drug-likeness (QED) is 0.455. The molecule has 2 N–H and O–H groups in total. The second-order valence-corrected chi connectivity index (χ2v) is 9.67. The molecule has 0 bridgehead atoms. The summed E-state index contributed by atoms with van der Waals surface area (Å²) in [5, 5.41) is 5.22. The Hall–Kier alpha value is -4.07. The third-order valence-corrected chi connectivity index (χ3v) is 5.50. The average molecular weight is 490 g/mol. The summed E-state index contributed by atoms with van der Waals surface area (Å²) < 4.78 is 17.3. The van der Waals surface area contributed by atoms with E-state index in [1.165, 1.54) is 11.8 Å². The predicted octanol–water partition coefficient (Wildman–Crippen LogP) is 5.79. The number of aryl methyl sites for hydroxylation is 1. The number of amides is 2. The Kier molecular flexibility index (Phi) is 7.43. The van der Waals surface area contributed by atoms with Crippen LogP contribution in [0, 0.1) is 0 Å². The number of benzene rings is 2. The molecule has 1 unspecified atom stereocenters. The first-order valence-electron chi connectivity index (χ1n) is 11.9. The summed E-state index contributed by atoms with van der Waals surface area (Å²) in [6, 6.07) is 18.5. The van der Waals surface area contributed by atoms with Gasteiger partial charge in [0.2, 0.25) is 11.8 Å². The zero-order chi connectivity index (χ0) is 25.7. The van der Waals surface area contributed by atoms with Crippen molar-refractivity contribution in [2.24, 2.45) is 0 Å². The van der Waals surface area contributed by atoms with Crippen molar-refractivity contribution < 1.29 is 23.8 Å². The van der Waals surface area contributed by atoms with Gasteiger partial charge in [-0.15, -0.1) is 0 Å². The van der Waals surface area contributed by atoms with E-state index in [0.717, 1.165) is 24.2 Å². The summed E-state index contributed by atoms with van der Waals surface area (Å²) in [6.45, 7) is 6.84. The van der Waals surface area contributed by atoms with Gasteiger partial charge in [-0.2, -0.15) is 0 Å². The van der Waals surface area contributed by atoms with Gasteiger partial charge in [0.1, 0.15) is 29.2 Å². The lowest BCUT2D eigenvalue weighted by Crippen LogP contribution is -2.43. The molecule has 36 heavy (non-hydrogen) atoms. The van der Waals surface area contributed by atoms with Crippen LogP contribution >= 0.6 is 0 Å². The van der Waals surface area contributed by atoms with Gasteiger partial charge < -0.3 is 24.8 Å². The number of nitrogens with zero attached hydrogens (tertiary/aromatic N) is 1. The molecule has 3 aromatic rings. The van der Waals surface area contributed by atoms with E-state index >= 15 is 0 Å². The molecule has 0 spiro atoms. The van der Waals surface area contributed by atoms with Crippen molar-refractivity contribution in [3.63, 3.8) is 0 Å². The maximum absolute atomic E-state index is 12.4. The molecule has 2 heterocycles. The van der Waals surface area contributed by atoms with Crippen LogP contribution in [0.25, 0.3) is 0 Å². The lowest BCUT2D eigenvalue weighted by atomic mass is 9.97. The first kappa shape index (κ1) is 25.0. The SMILES string of the molecule is C[C@H](NC(=O)OC(C)(C)C)C(=O)Nc1ccc(Oc2ccc3c(c2)CCC(c2ccccc2)O3)nc1. The van der Waals surface area contributed by atoms with Gasteiger partial charge in [0.05, 0.1) is 11.9 Å². The summed E-state index contributed by atoms with van der Waals surface area (Å²) in [5.41, 5.74) is 2.11. The number of hydrogen-bond donors (Lipinski definition) is 2. The van der Waals surface area contributed by atoms with Gasteiger partial charge in [0, 0.05) is 6.07 Å². The highest BCUT2D eigenvalue weighted by Gasteiger charge is 2.23. The van der Waals surface area contributed by atoms with Crippen molar-refractivity contribution >= 4 is 17.7 Å². The summed E-state index contributed by atoms with van der Waals surface area (Å²) in [6.07, 6.45) is 2.68. The van der Waals surface area contributed by atoms with Gasteiger partial charge in [-0.25, -0.2) is 9.78 Å². The molecular weight excluding hydrogens is 458 g/mol. The highest BCUT2D eigenvalue weighted by Crippen LogP contribution is 2.37. The fraction of sp³-hybridized carbons (Fsp3) is 0.321.